The first-order valence-corrected chi connectivity index (χ1v) is 8.32. The molecule has 0 amide bonds. The molecule has 1 aliphatic carbocycles. The summed E-state index contributed by atoms with van der Waals surface area (Å²) in [4.78, 5) is 0. The van der Waals surface area contributed by atoms with E-state index in [0.717, 1.165) is 23.0 Å². The number of rotatable bonds is 4. The second kappa shape index (κ2) is 5.58. The summed E-state index contributed by atoms with van der Waals surface area (Å²) in [5, 5.41) is 15.6. The fraction of sp³-hybridized carbons (Fsp3) is 0.471. The van der Waals surface area contributed by atoms with Gasteiger partial charge in [-0.1, -0.05) is 36.8 Å². The Morgan fingerprint density at radius 3 is 2.43 bits per heavy atom. The van der Waals surface area contributed by atoms with E-state index < -0.39 is 6.10 Å². The Labute approximate surface area is 134 Å². The molecule has 1 heterocycles. The van der Waals surface area contributed by atoms with Crippen LogP contribution in [0, 0.1) is 0 Å². The fourth-order valence-electron chi connectivity index (χ4n) is 3.33. The SMILES string of the molecule is CC(C)n1ncc(Br)c1C(O)C1(c2ccccc2)CCC1. The van der Waals surface area contributed by atoms with E-state index in [0.29, 0.717) is 0 Å². The molecular formula is C17H21BrN2O. The molecule has 1 atom stereocenters. The third-order valence-corrected chi connectivity index (χ3v) is 5.26. The Kier molecular flexibility index (Phi) is 3.93. The van der Waals surface area contributed by atoms with Crippen molar-refractivity contribution in [1.82, 2.24) is 9.78 Å². The quantitative estimate of drug-likeness (QED) is 0.889. The minimum absolute atomic E-state index is 0.170. The van der Waals surface area contributed by atoms with Gasteiger partial charge in [-0.05, 0) is 48.2 Å². The summed E-state index contributed by atoms with van der Waals surface area (Å²) < 4.78 is 2.82. The highest BCUT2D eigenvalue weighted by Crippen LogP contribution is 2.53. The summed E-state index contributed by atoms with van der Waals surface area (Å²) >= 11 is 3.56. The molecule has 1 saturated carbocycles. The van der Waals surface area contributed by atoms with Crippen LogP contribution in [0.3, 0.4) is 0 Å². The second-order valence-corrected chi connectivity index (χ2v) is 7.05. The lowest BCUT2D eigenvalue weighted by Gasteiger charge is -2.46. The van der Waals surface area contributed by atoms with Crippen molar-refractivity contribution in [3.05, 3.63) is 52.3 Å². The van der Waals surface area contributed by atoms with Crippen LogP contribution in [-0.4, -0.2) is 14.9 Å². The zero-order valence-corrected chi connectivity index (χ0v) is 14.0. The average molecular weight is 349 g/mol. The summed E-state index contributed by atoms with van der Waals surface area (Å²) in [7, 11) is 0. The van der Waals surface area contributed by atoms with E-state index in [9.17, 15) is 5.11 Å². The summed E-state index contributed by atoms with van der Waals surface area (Å²) in [5.41, 5.74) is 1.96. The number of nitrogens with zero attached hydrogens (tertiary/aromatic N) is 2. The first kappa shape index (κ1) is 14.8. The first-order valence-electron chi connectivity index (χ1n) is 7.53. The highest BCUT2D eigenvalue weighted by atomic mass is 79.9. The summed E-state index contributed by atoms with van der Waals surface area (Å²) in [6.45, 7) is 4.18. The summed E-state index contributed by atoms with van der Waals surface area (Å²) in [6, 6.07) is 10.6. The van der Waals surface area contributed by atoms with Crippen LogP contribution in [0.1, 0.15) is 56.5 Å². The number of aromatic nitrogens is 2. The highest BCUT2D eigenvalue weighted by molar-refractivity contribution is 9.10. The maximum atomic E-state index is 11.2. The third-order valence-electron chi connectivity index (χ3n) is 4.65. The van der Waals surface area contributed by atoms with Crippen LogP contribution in [-0.2, 0) is 5.41 Å². The minimum atomic E-state index is -0.534. The number of aliphatic hydroxyl groups excluding tert-OH is 1. The standard InChI is InChI=1S/C17H21BrN2O/c1-12(2)20-15(14(18)11-19-20)16(21)17(9-6-10-17)13-7-4-3-5-8-13/h3-5,7-8,11-12,16,21H,6,9-10H2,1-2H3. The third kappa shape index (κ3) is 2.34. The van der Waals surface area contributed by atoms with E-state index in [-0.39, 0.29) is 11.5 Å². The van der Waals surface area contributed by atoms with Gasteiger partial charge in [0, 0.05) is 11.5 Å². The van der Waals surface area contributed by atoms with Crippen LogP contribution >= 0.6 is 15.9 Å². The largest absolute Gasteiger partial charge is 0.386 e. The molecule has 0 radical (unpaired) electrons. The van der Waals surface area contributed by atoms with Gasteiger partial charge in [-0.15, -0.1) is 0 Å². The fourth-order valence-corrected chi connectivity index (χ4v) is 3.82. The maximum Gasteiger partial charge on any atom is 0.106 e. The van der Waals surface area contributed by atoms with Crippen LogP contribution in [0.5, 0.6) is 0 Å². The number of aliphatic hydroxyl groups is 1. The molecule has 0 bridgehead atoms. The topological polar surface area (TPSA) is 38.0 Å². The van der Waals surface area contributed by atoms with Gasteiger partial charge in [0.1, 0.15) is 6.10 Å². The van der Waals surface area contributed by atoms with E-state index >= 15 is 0 Å². The van der Waals surface area contributed by atoms with Gasteiger partial charge in [-0.25, -0.2) is 0 Å². The number of hydrogen-bond donors (Lipinski definition) is 1. The van der Waals surface area contributed by atoms with Crippen LogP contribution in [0.4, 0.5) is 0 Å². The van der Waals surface area contributed by atoms with Crippen molar-refractivity contribution in [3.8, 4) is 0 Å². The monoisotopic (exact) mass is 348 g/mol. The van der Waals surface area contributed by atoms with Crippen molar-refractivity contribution < 1.29 is 5.11 Å². The van der Waals surface area contributed by atoms with Crippen LogP contribution in [0.25, 0.3) is 0 Å². The van der Waals surface area contributed by atoms with Gasteiger partial charge >= 0.3 is 0 Å². The normalized spacial score (nSPS) is 18.5. The van der Waals surface area contributed by atoms with Gasteiger partial charge in [-0.3, -0.25) is 4.68 Å². The smallest absolute Gasteiger partial charge is 0.106 e. The van der Waals surface area contributed by atoms with E-state index in [1.165, 1.54) is 12.0 Å². The van der Waals surface area contributed by atoms with E-state index in [4.69, 9.17) is 0 Å². The van der Waals surface area contributed by atoms with Crippen molar-refractivity contribution in [2.75, 3.05) is 0 Å². The molecule has 0 saturated heterocycles. The van der Waals surface area contributed by atoms with Crippen molar-refractivity contribution in [2.24, 2.45) is 0 Å². The number of hydrogen-bond acceptors (Lipinski definition) is 2. The van der Waals surface area contributed by atoms with Crippen molar-refractivity contribution in [2.45, 2.75) is 50.7 Å². The first-order chi connectivity index (χ1) is 10.1. The van der Waals surface area contributed by atoms with E-state index in [1.807, 2.05) is 10.7 Å². The Hall–Kier alpha value is -1.13. The number of halogens is 1. The molecule has 21 heavy (non-hydrogen) atoms. The molecule has 1 N–H and O–H groups in total. The van der Waals surface area contributed by atoms with E-state index in [2.05, 4.69) is 59.1 Å². The second-order valence-electron chi connectivity index (χ2n) is 6.19. The molecule has 4 heteroatoms. The van der Waals surface area contributed by atoms with Gasteiger partial charge in [0.15, 0.2) is 0 Å². The van der Waals surface area contributed by atoms with Gasteiger partial charge in [0.2, 0.25) is 0 Å². The molecule has 3 rings (SSSR count). The molecule has 1 unspecified atom stereocenters. The Balaban J connectivity index is 2.05. The molecule has 2 aromatic rings. The molecule has 3 nitrogen and oxygen atoms in total. The Morgan fingerprint density at radius 2 is 1.90 bits per heavy atom. The zero-order chi connectivity index (χ0) is 15.0. The van der Waals surface area contributed by atoms with Crippen molar-refractivity contribution >= 4 is 15.9 Å². The maximum absolute atomic E-state index is 11.2. The molecule has 1 aromatic carbocycles. The average Bonchev–Trinajstić information content (AvgIpc) is 2.80. The highest BCUT2D eigenvalue weighted by Gasteiger charge is 2.47. The molecule has 1 aromatic heterocycles. The summed E-state index contributed by atoms with van der Waals surface area (Å²) in [6.07, 6.45) is 4.46. The molecule has 1 aliphatic rings. The van der Waals surface area contributed by atoms with Crippen LogP contribution < -0.4 is 0 Å². The summed E-state index contributed by atoms with van der Waals surface area (Å²) in [5.74, 6) is 0. The predicted octanol–water partition coefficient (Wildman–Crippen LogP) is 4.38. The van der Waals surface area contributed by atoms with Gasteiger partial charge in [-0.2, -0.15) is 5.10 Å². The lowest BCUT2D eigenvalue weighted by atomic mass is 9.60. The van der Waals surface area contributed by atoms with E-state index in [1.54, 1.807) is 6.20 Å². The predicted molar refractivity (Wildman–Crippen MR) is 87.2 cm³/mol. The number of benzene rings is 1. The molecular weight excluding hydrogens is 328 g/mol. The van der Waals surface area contributed by atoms with Gasteiger partial charge in [0.25, 0.3) is 0 Å². The molecule has 0 spiro atoms. The molecule has 112 valence electrons. The molecule has 0 aliphatic heterocycles. The Morgan fingerprint density at radius 1 is 1.24 bits per heavy atom. The van der Waals surface area contributed by atoms with Crippen LogP contribution in [0.2, 0.25) is 0 Å². The van der Waals surface area contributed by atoms with Crippen LogP contribution in [0.15, 0.2) is 41.0 Å². The lowest BCUT2D eigenvalue weighted by Crippen LogP contribution is -2.41. The van der Waals surface area contributed by atoms with Gasteiger partial charge in [0.05, 0.1) is 16.4 Å². The minimum Gasteiger partial charge on any atom is -0.386 e. The Bertz CT molecular complexity index is 617. The van der Waals surface area contributed by atoms with Crippen molar-refractivity contribution in [3.63, 3.8) is 0 Å². The molecule has 1 fully saturated rings. The van der Waals surface area contributed by atoms with Gasteiger partial charge < -0.3 is 5.11 Å². The zero-order valence-electron chi connectivity index (χ0n) is 12.5. The lowest BCUT2D eigenvalue weighted by molar-refractivity contribution is 0.0192. The van der Waals surface area contributed by atoms with Crippen molar-refractivity contribution in [1.29, 1.82) is 0 Å².